The van der Waals surface area contributed by atoms with E-state index in [-0.39, 0.29) is 37.4 Å². The number of alkyl halides is 3. The summed E-state index contributed by atoms with van der Waals surface area (Å²) in [5.41, 5.74) is 4.32. The SMILES string of the molecule is CC/C1=C/C=C/CCS(=O)(=O)N(Cc2ccccc2)c2cc(C(=O)NC(Cc3ccccc3)[C@H](O)CNCc3cccc(C(F)(F)F)c3)cc1c2C. The molecule has 0 aromatic heterocycles. The first-order valence-corrected chi connectivity index (χ1v) is 18.9. The number of nitrogens with one attached hydrogen (secondary N) is 2. The van der Waals surface area contributed by atoms with Crippen LogP contribution in [0.25, 0.3) is 5.57 Å². The lowest BCUT2D eigenvalue weighted by atomic mass is 9.93. The summed E-state index contributed by atoms with van der Waals surface area (Å²) in [5, 5.41) is 17.4. The Balaban J connectivity index is 1.48. The topological polar surface area (TPSA) is 98.7 Å². The van der Waals surface area contributed by atoms with E-state index in [2.05, 4.69) is 10.6 Å². The number of hydrogen-bond donors (Lipinski definition) is 3. The predicted octanol–water partition coefficient (Wildman–Crippen LogP) is 7.60. The fraction of sp³-hybridized carbons (Fsp3) is 0.293. The number of halogens is 3. The molecule has 2 atom stereocenters. The second-order valence-corrected chi connectivity index (χ2v) is 14.9. The van der Waals surface area contributed by atoms with Gasteiger partial charge in [0.25, 0.3) is 5.91 Å². The number of amides is 1. The quantitative estimate of drug-likeness (QED) is 0.140. The zero-order valence-corrected chi connectivity index (χ0v) is 30.1. The van der Waals surface area contributed by atoms with Crippen molar-refractivity contribution in [3.05, 3.63) is 154 Å². The fourth-order valence-corrected chi connectivity index (χ4v) is 7.77. The summed E-state index contributed by atoms with van der Waals surface area (Å²) in [7, 11) is -3.83. The third-order valence-corrected chi connectivity index (χ3v) is 10.9. The Morgan fingerprint density at radius 1 is 0.923 bits per heavy atom. The first-order chi connectivity index (χ1) is 24.9. The number of aliphatic hydroxyl groups is 1. The van der Waals surface area contributed by atoms with Gasteiger partial charge in [-0.3, -0.25) is 9.10 Å². The van der Waals surface area contributed by atoms with E-state index in [1.54, 1.807) is 18.2 Å². The van der Waals surface area contributed by atoms with Gasteiger partial charge in [0, 0.05) is 18.7 Å². The maximum atomic E-state index is 14.2. The summed E-state index contributed by atoms with van der Waals surface area (Å²) >= 11 is 0. The summed E-state index contributed by atoms with van der Waals surface area (Å²) in [4.78, 5) is 14.2. The number of fused-ring (bicyclic) bond motifs is 2. The zero-order valence-electron chi connectivity index (χ0n) is 29.2. The minimum atomic E-state index is -4.47. The molecular formula is C41H44F3N3O4S. The van der Waals surface area contributed by atoms with Gasteiger partial charge < -0.3 is 15.7 Å². The Kier molecular flexibility index (Phi) is 12.7. The van der Waals surface area contributed by atoms with Crippen LogP contribution in [-0.2, 0) is 35.7 Å². The molecule has 0 radical (unpaired) electrons. The van der Waals surface area contributed by atoms with Gasteiger partial charge in [-0.2, -0.15) is 13.2 Å². The van der Waals surface area contributed by atoms with Gasteiger partial charge in [-0.25, -0.2) is 8.42 Å². The van der Waals surface area contributed by atoms with Crippen molar-refractivity contribution in [2.24, 2.45) is 0 Å². The molecule has 1 aliphatic rings. The highest BCUT2D eigenvalue weighted by Crippen LogP contribution is 2.35. The normalized spacial score (nSPS) is 17.3. The summed E-state index contributed by atoms with van der Waals surface area (Å²) in [6, 6.07) is 26.2. The molecule has 4 aromatic rings. The van der Waals surface area contributed by atoms with Crippen molar-refractivity contribution < 1.29 is 31.5 Å². The number of carbonyl (C=O) groups is 1. The first-order valence-electron chi connectivity index (χ1n) is 17.3. The Morgan fingerprint density at radius 2 is 1.60 bits per heavy atom. The molecule has 0 spiro atoms. The van der Waals surface area contributed by atoms with Crippen LogP contribution in [0.2, 0.25) is 0 Å². The van der Waals surface area contributed by atoms with Crippen LogP contribution in [0.4, 0.5) is 18.9 Å². The van der Waals surface area contributed by atoms with Crippen LogP contribution in [0.1, 0.15) is 63.5 Å². The molecule has 2 bridgehead atoms. The maximum Gasteiger partial charge on any atom is 0.416 e. The number of rotatable bonds is 12. The van der Waals surface area contributed by atoms with Crippen molar-refractivity contribution in [1.29, 1.82) is 0 Å². The van der Waals surface area contributed by atoms with Crippen molar-refractivity contribution in [2.75, 3.05) is 16.6 Å². The van der Waals surface area contributed by atoms with Gasteiger partial charge in [-0.15, -0.1) is 0 Å². The van der Waals surface area contributed by atoms with Gasteiger partial charge in [-0.05, 0) is 77.8 Å². The van der Waals surface area contributed by atoms with Gasteiger partial charge in [0.1, 0.15) is 0 Å². The van der Waals surface area contributed by atoms with Crippen LogP contribution in [0.5, 0.6) is 0 Å². The number of sulfonamides is 1. The Morgan fingerprint density at radius 3 is 2.27 bits per heavy atom. The molecule has 0 aliphatic carbocycles. The molecule has 1 amide bonds. The number of benzene rings is 4. The lowest BCUT2D eigenvalue weighted by Gasteiger charge is -2.29. The molecule has 0 fully saturated rings. The van der Waals surface area contributed by atoms with Crippen molar-refractivity contribution in [1.82, 2.24) is 10.6 Å². The third kappa shape index (κ3) is 9.99. The van der Waals surface area contributed by atoms with E-state index in [1.807, 2.05) is 92.7 Å². The van der Waals surface area contributed by atoms with Crippen LogP contribution >= 0.6 is 0 Å². The van der Waals surface area contributed by atoms with Crippen molar-refractivity contribution >= 4 is 27.2 Å². The third-order valence-electron chi connectivity index (χ3n) is 9.14. The van der Waals surface area contributed by atoms with Crippen LogP contribution in [0, 0.1) is 6.92 Å². The van der Waals surface area contributed by atoms with E-state index in [0.717, 1.165) is 40.0 Å². The standard InChI is InChI=1S/C41H44F3N3O4S/c1-3-33-19-11-6-12-21-52(50,51)47(28-31-16-9-5-10-17-31)38-25-34(24-36(33)29(38)2)40(49)46-37(23-30-14-7-4-8-15-30)39(48)27-45-26-32-18-13-20-35(22-32)41(42,43)44/h4-11,13-20,22,24-25,37,39,45,48H,3,12,21,23,26-28H2,1-2H3,(H,46,49)/b11-6+,33-19-/t37?,39-/m1/s1. The summed E-state index contributed by atoms with van der Waals surface area (Å²) in [5.74, 6) is -0.617. The van der Waals surface area contributed by atoms with Crippen LogP contribution in [0.3, 0.4) is 0 Å². The molecular weight excluding hydrogens is 688 g/mol. The minimum Gasteiger partial charge on any atom is -0.390 e. The lowest BCUT2D eigenvalue weighted by Crippen LogP contribution is -2.48. The molecule has 11 heteroatoms. The van der Waals surface area contributed by atoms with E-state index in [4.69, 9.17) is 0 Å². The second-order valence-electron chi connectivity index (χ2n) is 12.9. The average Bonchev–Trinajstić information content (AvgIpc) is 3.13. The highest BCUT2D eigenvalue weighted by atomic mass is 32.2. The van der Waals surface area contributed by atoms with Gasteiger partial charge in [0.15, 0.2) is 0 Å². The zero-order chi connectivity index (χ0) is 37.3. The molecule has 4 aromatic carbocycles. The van der Waals surface area contributed by atoms with Crippen molar-refractivity contribution in [3.63, 3.8) is 0 Å². The Labute approximate surface area is 303 Å². The van der Waals surface area contributed by atoms with Crippen LogP contribution in [-0.4, -0.2) is 43.9 Å². The molecule has 1 heterocycles. The molecule has 1 unspecified atom stereocenters. The highest BCUT2D eigenvalue weighted by Gasteiger charge is 2.31. The second kappa shape index (κ2) is 17.2. The number of allylic oxidation sites excluding steroid dienone is 4. The lowest BCUT2D eigenvalue weighted by molar-refractivity contribution is -0.137. The minimum absolute atomic E-state index is 0.0173. The first kappa shape index (κ1) is 38.5. The smallest absolute Gasteiger partial charge is 0.390 e. The van der Waals surface area contributed by atoms with Gasteiger partial charge in [-0.1, -0.05) is 104 Å². The van der Waals surface area contributed by atoms with Gasteiger partial charge >= 0.3 is 6.18 Å². The molecule has 5 rings (SSSR count). The molecule has 1 aliphatic heterocycles. The number of nitrogens with zero attached hydrogens (tertiary/aromatic N) is 1. The summed E-state index contributed by atoms with van der Waals surface area (Å²) in [6.07, 6.45) is 1.26. The number of carbonyl (C=O) groups excluding carboxylic acids is 1. The predicted molar refractivity (Wildman–Crippen MR) is 200 cm³/mol. The number of anilines is 1. The van der Waals surface area contributed by atoms with E-state index in [0.29, 0.717) is 24.1 Å². The maximum absolute atomic E-state index is 14.2. The monoisotopic (exact) mass is 731 g/mol. The van der Waals surface area contributed by atoms with E-state index in [9.17, 15) is 31.5 Å². The van der Waals surface area contributed by atoms with Gasteiger partial charge in [0.05, 0.1) is 35.7 Å². The number of aliphatic hydroxyl groups excluding tert-OH is 1. The molecule has 0 saturated heterocycles. The van der Waals surface area contributed by atoms with Crippen molar-refractivity contribution in [3.8, 4) is 0 Å². The van der Waals surface area contributed by atoms with E-state index >= 15 is 0 Å². The van der Waals surface area contributed by atoms with E-state index < -0.39 is 39.8 Å². The summed E-state index contributed by atoms with van der Waals surface area (Å²) < 4.78 is 69.0. The van der Waals surface area contributed by atoms with E-state index in [1.165, 1.54) is 10.4 Å². The molecule has 7 nitrogen and oxygen atoms in total. The molecule has 0 saturated carbocycles. The molecule has 3 N–H and O–H groups in total. The Bertz CT molecular complexity index is 2000. The fourth-order valence-electron chi connectivity index (χ4n) is 6.28. The highest BCUT2D eigenvalue weighted by molar-refractivity contribution is 7.92. The largest absolute Gasteiger partial charge is 0.416 e. The van der Waals surface area contributed by atoms with Crippen molar-refractivity contribution in [2.45, 2.75) is 64.5 Å². The number of hydrogen-bond acceptors (Lipinski definition) is 5. The molecule has 274 valence electrons. The van der Waals surface area contributed by atoms with Crippen LogP contribution < -0.4 is 14.9 Å². The molecule has 52 heavy (non-hydrogen) atoms. The van der Waals surface area contributed by atoms with Gasteiger partial charge in [0.2, 0.25) is 10.0 Å². The average molecular weight is 732 g/mol. The Hall–Kier alpha value is -4.71. The van der Waals surface area contributed by atoms with Crippen LogP contribution in [0.15, 0.2) is 115 Å². The summed E-state index contributed by atoms with van der Waals surface area (Å²) in [6.45, 7) is 4.00.